The highest BCUT2D eigenvalue weighted by Gasteiger charge is 2.37. The number of nitriles is 1. The van der Waals surface area contributed by atoms with Crippen LogP contribution in [-0.4, -0.2) is 72.5 Å². The Morgan fingerprint density at radius 3 is 2.71 bits per heavy atom. The molecule has 3 heterocycles. The van der Waals surface area contributed by atoms with Crippen LogP contribution in [0.4, 0.5) is 5.82 Å². The van der Waals surface area contributed by atoms with Crippen molar-refractivity contribution in [2.24, 2.45) is 0 Å². The Hall–Kier alpha value is -2.92. The van der Waals surface area contributed by atoms with E-state index in [1.165, 1.54) is 6.08 Å². The number of fused-ring (bicyclic) bond motifs is 1. The molecule has 2 aliphatic heterocycles. The molecule has 0 unspecified atom stereocenters. The van der Waals surface area contributed by atoms with Gasteiger partial charge in [0.2, 0.25) is 11.8 Å². The molecule has 8 heteroatoms. The van der Waals surface area contributed by atoms with Crippen molar-refractivity contribution in [1.29, 1.82) is 5.26 Å². The Labute approximate surface area is 202 Å². The average molecular weight is 466 g/mol. The van der Waals surface area contributed by atoms with Crippen molar-refractivity contribution in [1.82, 2.24) is 14.8 Å². The fraction of sp³-hybridized carbons (Fsp3) is 0.615. The van der Waals surface area contributed by atoms with E-state index in [0.29, 0.717) is 57.2 Å². The Morgan fingerprint density at radius 1 is 1.26 bits per heavy atom. The summed E-state index contributed by atoms with van der Waals surface area (Å²) in [5, 5.41) is 10.2. The largest absolute Gasteiger partial charge is 0.384 e. The summed E-state index contributed by atoms with van der Waals surface area (Å²) in [7, 11) is 1.61. The highest BCUT2D eigenvalue weighted by molar-refractivity contribution is 5.87. The number of rotatable bonds is 8. The lowest BCUT2D eigenvalue weighted by atomic mass is 9.92. The van der Waals surface area contributed by atoms with E-state index >= 15 is 0 Å². The molecule has 0 spiro atoms. The van der Waals surface area contributed by atoms with Crippen LogP contribution in [-0.2, 0) is 27.3 Å². The predicted molar refractivity (Wildman–Crippen MR) is 129 cm³/mol. The van der Waals surface area contributed by atoms with Crippen molar-refractivity contribution in [2.75, 3.05) is 44.8 Å². The second-order valence-corrected chi connectivity index (χ2v) is 9.47. The molecule has 8 nitrogen and oxygen atoms in total. The second kappa shape index (κ2) is 10.6. The minimum Gasteiger partial charge on any atom is -0.384 e. The number of hydrogen-bond acceptors (Lipinski definition) is 6. The van der Waals surface area contributed by atoms with Gasteiger partial charge in [-0.1, -0.05) is 19.9 Å². The fourth-order valence-corrected chi connectivity index (χ4v) is 5.30. The maximum atomic E-state index is 12.8. The quantitative estimate of drug-likeness (QED) is 0.549. The van der Waals surface area contributed by atoms with Gasteiger partial charge >= 0.3 is 0 Å². The molecule has 0 N–H and O–H groups in total. The lowest BCUT2D eigenvalue weighted by Gasteiger charge is -2.43. The maximum absolute atomic E-state index is 12.8. The van der Waals surface area contributed by atoms with Crippen molar-refractivity contribution < 1.29 is 14.3 Å². The van der Waals surface area contributed by atoms with Crippen LogP contribution in [0.25, 0.3) is 0 Å². The summed E-state index contributed by atoms with van der Waals surface area (Å²) in [4.78, 5) is 36.2. The number of pyridine rings is 1. The van der Waals surface area contributed by atoms with Gasteiger partial charge in [0.25, 0.3) is 0 Å². The van der Waals surface area contributed by atoms with Crippen molar-refractivity contribution in [3.63, 3.8) is 0 Å². The molecule has 0 radical (unpaired) electrons. The zero-order chi connectivity index (χ0) is 24.2. The number of carbonyl (C=O) groups is 2. The van der Waals surface area contributed by atoms with Gasteiger partial charge in [0, 0.05) is 57.5 Å². The third-order valence-electron chi connectivity index (χ3n) is 7.21. The summed E-state index contributed by atoms with van der Waals surface area (Å²) < 4.78 is 5.11. The van der Waals surface area contributed by atoms with Gasteiger partial charge in [-0.25, -0.2) is 4.98 Å². The number of amides is 2. The van der Waals surface area contributed by atoms with Crippen LogP contribution in [0.1, 0.15) is 67.3 Å². The zero-order valence-corrected chi connectivity index (χ0v) is 20.4. The third-order valence-corrected chi connectivity index (χ3v) is 7.21. The van der Waals surface area contributed by atoms with Gasteiger partial charge in [0.15, 0.2) is 0 Å². The predicted octanol–water partition coefficient (Wildman–Crippen LogP) is 2.76. The van der Waals surface area contributed by atoms with Crippen LogP contribution in [0.15, 0.2) is 12.7 Å². The number of carbonyl (C=O) groups excluding carboxylic acids is 2. The van der Waals surface area contributed by atoms with E-state index in [9.17, 15) is 14.9 Å². The number of nitrogens with zero attached hydrogens (tertiary/aromatic N) is 5. The standard InChI is InChI=1S/C26H35N5O3/c1-4-6-19-16-30(12-13-31(19)24(33)10-14-34-3)26-21(15-27)22-17-29(23(32)5-2)11-9-20(22)25(28-26)18-7-8-18/h5,18-19H,2,4,6-14,16-17H2,1,3H3/t19-/m1/s1. The molecular weight excluding hydrogens is 430 g/mol. The molecule has 2 fully saturated rings. The number of aromatic nitrogens is 1. The molecule has 1 saturated heterocycles. The molecule has 34 heavy (non-hydrogen) atoms. The van der Waals surface area contributed by atoms with E-state index in [1.807, 2.05) is 4.90 Å². The van der Waals surface area contributed by atoms with Crippen molar-refractivity contribution in [3.05, 3.63) is 35.0 Å². The lowest BCUT2D eigenvalue weighted by Crippen LogP contribution is -2.55. The first-order valence-electron chi connectivity index (χ1n) is 12.4. The van der Waals surface area contributed by atoms with Crippen LogP contribution >= 0.6 is 0 Å². The first-order chi connectivity index (χ1) is 16.5. The second-order valence-electron chi connectivity index (χ2n) is 9.47. The van der Waals surface area contributed by atoms with E-state index in [1.54, 1.807) is 12.0 Å². The molecule has 1 aromatic rings. The topological polar surface area (TPSA) is 89.8 Å². The van der Waals surface area contributed by atoms with Gasteiger partial charge in [-0.05, 0) is 42.9 Å². The maximum Gasteiger partial charge on any atom is 0.246 e. The summed E-state index contributed by atoms with van der Waals surface area (Å²) in [6, 6.07) is 2.51. The minimum absolute atomic E-state index is 0.0794. The van der Waals surface area contributed by atoms with Gasteiger partial charge in [-0.3, -0.25) is 9.59 Å². The van der Waals surface area contributed by atoms with Gasteiger partial charge in [-0.15, -0.1) is 0 Å². The first-order valence-corrected chi connectivity index (χ1v) is 12.4. The monoisotopic (exact) mass is 465 g/mol. The molecule has 0 aromatic carbocycles. The summed E-state index contributed by atoms with van der Waals surface area (Å²) in [5.74, 6) is 1.19. The molecule has 1 saturated carbocycles. The summed E-state index contributed by atoms with van der Waals surface area (Å²) >= 11 is 0. The fourth-order valence-electron chi connectivity index (χ4n) is 5.30. The summed E-state index contributed by atoms with van der Waals surface area (Å²) in [5.41, 5.74) is 3.80. The average Bonchev–Trinajstić information content (AvgIpc) is 3.71. The van der Waals surface area contributed by atoms with Crippen molar-refractivity contribution in [2.45, 2.75) is 64.0 Å². The molecule has 1 atom stereocenters. The van der Waals surface area contributed by atoms with Crippen LogP contribution in [0, 0.1) is 11.3 Å². The Morgan fingerprint density at radius 2 is 2.06 bits per heavy atom. The summed E-state index contributed by atoms with van der Waals surface area (Å²) in [6.45, 7) is 9.14. The zero-order valence-electron chi connectivity index (χ0n) is 20.4. The highest BCUT2D eigenvalue weighted by Crippen LogP contribution is 2.44. The van der Waals surface area contributed by atoms with Crippen LogP contribution in [0.3, 0.4) is 0 Å². The Balaban J connectivity index is 1.67. The smallest absolute Gasteiger partial charge is 0.246 e. The van der Waals surface area contributed by atoms with Gasteiger partial charge < -0.3 is 19.4 Å². The number of ether oxygens (including phenoxy) is 1. The Kier molecular flexibility index (Phi) is 7.52. The number of hydrogen-bond donors (Lipinski definition) is 0. The third kappa shape index (κ3) is 4.80. The minimum atomic E-state index is -0.105. The van der Waals surface area contributed by atoms with Gasteiger partial charge in [0.05, 0.1) is 18.6 Å². The summed E-state index contributed by atoms with van der Waals surface area (Å²) in [6.07, 6.45) is 6.58. The lowest BCUT2D eigenvalue weighted by molar-refractivity contribution is -0.135. The number of anilines is 1. The molecule has 0 bridgehead atoms. The van der Waals surface area contributed by atoms with Gasteiger partial charge in [0.1, 0.15) is 11.9 Å². The van der Waals surface area contributed by atoms with Crippen LogP contribution in [0.2, 0.25) is 0 Å². The van der Waals surface area contributed by atoms with Gasteiger partial charge in [-0.2, -0.15) is 5.26 Å². The van der Waals surface area contributed by atoms with Crippen LogP contribution in [0.5, 0.6) is 0 Å². The van der Waals surface area contributed by atoms with E-state index in [2.05, 4.69) is 24.5 Å². The van der Waals surface area contributed by atoms with Crippen LogP contribution < -0.4 is 4.90 Å². The molecular formula is C26H35N5O3. The number of piperazine rings is 1. The van der Waals surface area contributed by atoms with Crippen molar-refractivity contribution >= 4 is 17.6 Å². The normalized spacial score (nSPS) is 20.0. The van der Waals surface area contributed by atoms with E-state index in [0.717, 1.165) is 54.7 Å². The molecule has 182 valence electrons. The van der Waals surface area contributed by atoms with Crippen molar-refractivity contribution in [3.8, 4) is 6.07 Å². The first kappa shape index (κ1) is 24.2. The van der Waals surface area contributed by atoms with E-state index in [-0.39, 0.29) is 17.9 Å². The van der Waals surface area contributed by atoms with E-state index < -0.39 is 0 Å². The highest BCUT2D eigenvalue weighted by atomic mass is 16.5. The SMILES string of the molecule is C=CC(=O)N1CCc2c(C3CC3)nc(N3CCN(C(=O)CCOC)[C@H](CCC)C3)c(C#N)c2C1. The molecule has 4 rings (SSSR count). The molecule has 3 aliphatic rings. The molecule has 1 aliphatic carbocycles. The Bertz CT molecular complexity index is 997. The number of methoxy groups -OCH3 is 1. The molecule has 1 aromatic heterocycles. The van der Waals surface area contributed by atoms with E-state index in [4.69, 9.17) is 9.72 Å². The molecule has 2 amide bonds.